The van der Waals surface area contributed by atoms with Crippen molar-refractivity contribution in [1.29, 1.82) is 0 Å². The maximum Gasteiger partial charge on any atom is 0.387 e. The summed E-state index contributed by atoms with van der Waals surface area (Å²) < 4.78 is 46.4. The molecule has 2 atom stereocenters. The van der Waals surface area contributed by atoms with Crippen LogP contribution in [0.5, 0.6) is 23.0 Å². The van der Waals surface area contributed by atoms with Gasteiger partial charge >= 0.3 is 6.61 Å². The van der Waals surface area contributed by atoms with Gasteiger partial charge in [0, 0.05) is 6.54 Å². The Balaban J connectivity index is 1.79. The lowest BCUT2D eigenvalue weighted by molar-refractivity contribution is -0.129. The average molecular weight is 482 g/mol. The van der Waals surface area contributed by atoms with E-state index in [9.17, 15) is 13.6 Å². The fraction of sp³-hybridized carbons (Fsp3) is 0.458. The van der Waals surface area contributed by atoms with Crippen LogP contribution in [-0.4, -0.2) is 49.5 Å². The van der Waals surface area contributed by atoms with Gasteiger partial charge in [-0.3, -0.25) is 4.79 Å². The van der Waals surface area contributed by atoms with Gasteiger partial charge in [-0.25, -0.2) is 0 Å². The first kappa shape index (κ1) is 25.0. The van der Waals surface area contributed by atoms with Gasteiger partial charge in [0.15, 0.2) is 23.0 Å². The molecule has 1 amide bonds. The summed E-state index contributed by atoms with van der Waals surface area (Å²) >= 11 is 1.52. The molecule has 0 spiro atoms. The van der Waals surface area contributed by atoms with Crippen molar-refractivity contribution in [3.05, 3.63) is 47.5 Å². The van der Waals surface area contributed by atoms with Crippen molar-refractivity contribution in [2.45, 2.75) is 44.4 Å². The summed E-state index contributed by atoms with van der Waals surface area (Å²) in [7, 11) is 1.40. The van der Waals surface area contributed by atoms with Gasteiger partial charge in [-0.15, -0.1) is 11.8 Å². The van der Waals surface area contributed by atoms with E-state index >= 15 is 0 Å². The summed E-state index contributed by atoms with van der Waals surface area (Å²) in [6.07, 6.45) is 0.631. The number of alkyl halides is 2. The van der Waals surface area contributed by atoms with Gasteiger partial charge < -0.3 is 23.8 Å². The number of halogens is 2. The van der Waals surface area contributed by atoms with Crippen LogP contribution in [0, 0.1) is 0 Å². The fourth-order valence-corrected chi connectivity index (χ4v) is 4.99. The van der Waals surface area contributed by atoms with Crippen LogP contribution in [0.2, 0.25) is 0 Å². The number of benzene rings is 2. The SMILES string of the molecule is CCOc1ccc(CCN2C(=O)[C@H](C)S[C@@H]2c2ccc(OC(F)F)c(OC)c2)cc1OCC. The molecule has 0 N–H and O–H groups in total. The minimum Gasteiger partial charge on any atom is -0.493 e. The normalized spacial score (nSPS) is 18.0. The Morgan fingerprint density at radius 1 is 1.00 bits per heavy atom. The van der Waals surface area contributed by atoms with Gasteiger partial charge in [0.25, 0.3) is 0 Å². The zero-order valence-electron chi connectivity index (χ0n) is 19.2. The molecule has 1 heterocycles. The van der Waals surface area contributed by atoms with Crippen molar-refractivity contribution >= 4 is 17.7 Å². The van der Waals surface area contributed by atoms with Crippen molar-refractivity contribution in [3.8, 4) is 23.0 Å². The highest BCUT2D eigenvalue weighted by Gasteiger charge is 2.38. The fourth-order valence-electron chi connectivity index (χ4n) is 3.69. The highest BCUT2D eigenvalue weighted by Crippen LogP contribution is 2.45. The minimum absolute atomic E-state index is 0.0350. The van der Waals surface area contributed by atoms with Crippen LogP contribution in [0.3, 0.4) is 0 Å². The minimum atomic E-state index is -2.95. The second kappa shape index (κ2) is 11.4. The number of methoxy groups -OCH3 is 1. The number of thioether (sulfide) groups is 1. The molecule has 0 saturated carbocycles. The maximum absolute atomic E-state index is 12.9. The topological polar surface area (TPSA) is 57.2 Å². The first-order valence-corrected chi connectivity index (χ1v) is 11.8. The summed E-state index contributed by atoms with van der Waals surface area (Å²) in [4.78, 5) is 14.7. The molecule has 3 rings (SSSR count). The first-order chi connectivity index (χ1) is 15.9. The Kier molecular flexibility index (Phi) is 8.66. The predicted octanol–water partition coefficient (Wildman–Crippen LogP) is 5.30. The molecule has 0 aromatic heterocycles. The summed E-state index contributed by atoms with van der Waals surface area (Å²) in [5.41, 5.74) is 1.81. The Labute approximate surface area is 197 Å². The molecule has 0 unspecified atom stereocenters. The third kappa shape index (κ3) is 6.01. The Hall–Kier alpha value is -2.68. The molecule has 1 aliphatic rings. The molecule has 2 aromatic carbocycles. The molecule has 2 aromatic rings. The number of hydrogen-bond acceptors (Lipinski definition) is 6. The number of carbonyl (C=O) groups excluding carboxylic acids is 1. The molecule has 1 fully saturated rings. The largest absolute Gasteiger partial charge is 0.493 e. The van der Waals surface area contributed by atoms with Crippen LogP contribution < -0.4 is 18.9 Å². The molecule has 0 radical (unpaired) electrons. The number of rotatable bonds is 11. The van der Waals surface area contributed by atoms with Crippen LogP contribution in [0.4, 0.5) is 8.78 Å². The van der Waals surface area contributed by atoms with E-state index in [1.54, 1.807) is 12.1 Å². The van der Waals surface area contributed by atoms with Crippen molar-refractivity contribution < 1.29 is 32.5 Å². The Morgan fingerprint density at radius 2 is 1.70 bits per heavy atom. The van der Waals surface area contributed by atoms with E-state index in [0.717, 1.165) is 11.1 Å². The standard InChI is InChI=1S/C24H29F2NO5S/c1-5-30-18-9-7-16(13-21(18)31-6-2)11-12-27-22(28)15(3)33-23(27)17-8-10-19(32-24(25)26)20(14-17)29-4/h7-10,13-15,23-24H,5-6,11-12H2,1-4H3/t15-,23+/m0/s1. The zero-order valence-corrected chi connectivity index (χ0v) is 20.0. The Bertz CT molecular complexity index is 958. The van der Waals surface area contributed by atoms with Gasteiger partial charge in [0.2, 0.25) is 5.91 Å². The number of hydrogen-bond donors (Lipinski definition) is 0. The summed E-state index contributed by atoms with van der Waals surface area (Å²) in [6.45, 7) is 4.33. The third-order valence-corrected chi connectivity index (χ3v) is 6.58. The van der Waals surface area contributed by atoms with E-state index in [0.29, 0.717) is 37.7 Å². The van der Waals surface area contributed by atoms with Crippen molar-refractivity contribution in [1.82, 2.24) is 4.90 Å². The van der Waals surface area contributed by atoms with Crippen molar-refractivity contribution in [2.75, 3.05) is 26.9 Å². The molecule has 1 saturated heterocycles. The van der Waals surface area contributed by atoms with E-state index in [2.05, 4.69) is 4.74 Å². The molecule has 0 aliphatic carbocycles. The zero-order chi connectivity index (χ0) is 24.0. The molecule has 0 bridgehead atoms. The smallest absolute Gasteiger partial charge is 0.387 e. The van der Waals surface area contributed by atoms with Gasteiger partial charge in [-0.2, -0.15) is 8.78 Å². The molecule has 1 aliphatic heterocycles. The lowest BCUT2D eigenvalue weighted by Gasteiger charge is -2.25. The Morgan fingerprint density at radius 3 is 2.36 bits per heavy atom. The highest BCUT2D eigenvalue weighted by molar-refractivity contribution is 8.01. The van der Waals surface area contributed by atoms with E-state index < -0.39 is 6.61 Å². The lowest BCUT2D eigenvalue weighted by atomic mass is 10.1. The molecular weight excluding hydrogens is 452 g/mol. The molecule has 33 heavy (non-hydrogen) atoms. The van der Waals surface area contributed by atoms with Gasteiger partial charge in [0.05, 0.1) is 25.6 Å². The van der Waals surface area contributed by atoms with E-state index in [-0.39, 0.29) is 28.0 Å². The van der Waals surface area contributed by atoms with Crippen molar-refractivity contribution in [2.24, 2.45) is 0 Å². The van der Waals surface area contributed by atoms with Crippen LogP contribution in [0.15, 0.2) is 36.4 Å². The third-order valence-electron chi connectivity index (χ3n) is 5.19. The second-order valence-corrected chi connectivity index (χ2v) is 8.77. The summed E-state index contributed by atoms with van der Waals surface area (Å²) in [6, 6.07) is 10.6. The molecule has 9 heteroatoms. The van der Waals surface area contributed by atoms with E-state index in [1.807, 2.05) is 43.9 Å². The quantitative estimate of drug-likeness (QED) is 0.434. The van der Waals surface area contributed by atoms with E-state index in [4.69, 9.17) is 14.2 Å². The predicted molar refractivity (Wildman–Crippen MR) is 124 cm³/mol. The maximum atomic E-state index is 12.9. The average Bonchev–Trinajstić information content (AvgIpc) is 3.07. The van der Waals surface area contributed by atoms with E-state index in [1.165, 1.54) is 24.9 Å². The molecule has 6 nitrogen and oxygen atoms in total. The number of ether oxygens (including phenoxy) is 4. The van der Waals surface area contributed by atoms with Gasteiger partial charge in [-0.05, 0) is 62.6 Å². The second-order valence-electron chi connectivity index (χ2n) is 7.35. The van der Waals surface area contributed by atoms with Crippen LogP contribution in [0.1, 0.15) is 37.3 Å². The molecular formula is C24H29F2NO5S. The highest BCUT2D eigenvalue weighted by atomic mass is 32.2. The number of nitrogens with zero attached hydrogens (tertiary/aromatic N) is 1. The first-order valence-electron chi connectivity index (χ1n) is 10.8. The summed E-state index contributed by atoms with van der Waals surface area (Å²) in [5.74, 6) is 1.58. The van der Waals surface area contributed by atoms with Crippen LogP contribution in [0.25, 0.3) is 0 Å². The van der Waals surface area contributed by atoms with Crippen LogP contribution >= 0.6 is 11.8 Å². The number of carbonyl (C=O) groups is 1. The van der Waals surface area contributed by atoms with Gasteiger partial charge in [0.1, 0.15) is 5.37 Å². The van der Waals surface area contributed by atoms with Crippen LogP contribution in [-0.2, 0) is 11.2 Å². The van der Waals surface area contributed by atoms with Crippen molar-refractivity contribution in [3.63, 3.8) is 0 Å². The summed E-state index contributed by atoms with van der Waals surface area (Å²) in [5, 5.41) is -0.464. The lowest BCUT2D eigenvalue weighted by Crippen LogP contribution is -2.32. The molecule has 180 valence electrons. The monoisotopic (exact) mass is 481 g/mol. The van der Waals surface area contributed by atoms with Gasteiger partial charge in [-0.1, -0.05) is 12.1 Å². The number of amides is 1.